The van der Waals surface area contributed by atoms with Gasteiger partial charge < -0.3 is 4.90 Å². The molecule has 2 aromatic rings. The molecule has 3 rings (SSSR count). The van der Waals surface area contributed by atoms with Crippen molar-refractivity contribution in [2.24, 2.45) is 0 Å². The van der Waals surface area contributed by atoms with Gasteiger partial charge in [-0.3, -0.25) is 0 Å². The predicted molar refractivity (Wildman–Crippen MR) is 101 cm³/mol. The summed E-state index contributed by atoms with van der Waals surface area (Å²) in [6.45, 7) is 5.39. The first kappa shape index (κ1) is 20.2. The third-order valence-corrected chi connectivity index (χ3v) is 7.09. The van der Waals surface area contributed by atoms with Crippen molar-refractivity contribution >= 4 is 21.6 Å². The van der Waals surface area contributed by atoms with Crippen LogP contribution in [0.25, 0.3) is 0 Å². The van der Waals surface area contributed by atoms with Gasteiger partial charge in [0, 0.05) is 30.2 Å². The topological polar surface area (TPSA) is 40.6 Å². The molecule has 2 unspecified atom stereocenters. The fourth-order valence-corrected chi connectivity index (χ4v) is 5.48. The number of hydrogen-bond acceptors (Lipinski definition) is 3. The fraction of sp³-hybridized carbons (Fsp3) is 0.368. The second-order valence-corrected chi connectivity index (χ2v) is 8.99. The largest absolute Gasteiger partial charge is 0.300 e. The molecule has 0 amide bonds. The lowest BCUT2D eigenvalue weighted by Gasteiger charge is -2.44. The molecule has 0 aliphatic carbocycles. The third-order valence-electron chi connectivity index (χ3n) is 4.80. The van der Waals surface area contributed by atoms with Crippen molar-refractivity contribution < 1.29 is 17.2 Å². The molecule has 0 saturated carbocycles. The van der Waals surface area contributed by atoms with Crippen LogP contribution in [-0.4, -0.2) is 43.3 Å². The maximum atomic E-state index is 13.8. The van der Waals surface area contributed by atoms with Gasteiger partial charge in [0.15, 0.2) is 0 Å². The Labute approximate surface area is 163 Å². The second-order valence-electron chi connectivity index (χ2n) is 6.71. The molecule has 146 valence electrons. The minimum atomic E-state index is -3.88. The standard InChI is InChI=1S/C19H21ClF2N2O2S/c1-3-23-11-13(2)24(27(25,26)18-6-4-15(20)5-7-18)19(12-23)14-8-16(21)10-17(22)9-14/h4-10,13,19H,3,11-12H2,1-2H3. The normalized spacial score (nSPS) is 22.1. The Balaban J connectivity index is 2.09. The van der Waals surface area contributed by atoms with E-state index in [0.717, 1.165) is 6.07 Å². The van der Waals surface area contributed by atoms with Gasteiger partial charge in [-0.25, -0.2) is 17.2 Å². The van der Waals surface area contributed by atoms with Gasteiger partial charge in [0.2, 0.25) is 10.0 Å². The van der Waals surface area contributed by atoms with Crippen LogP contribution in [0.3, 0.4) is 0 Å². The number of likely N-dealkylation sites (N-methyl/N-ethyl adjacent to an activating group) is 1. The molecule has 0 spiro atoms. The van der Waals surface area contributed by atoms with Gasteiger partial charge in [0.25, 0.3) is 0 Å². The zero-order chi connectivity index (χ0) is 19.8. The van der Waals surface area contributed by atoms with Gasteiger partial charge in [-0.1, -0.05) is 18.5 Å². The lowest BCUT2D eigenvalue weighted by molar-refractivity contribution is 0.0973. The average molecular weight is 415 g/mol. The van der Waals surface area contributed by atoms with E-state index in [9.17, 15) is 17.2 Å². The molecule has 0 radical (unpaired) electrons. The van der Waals surface area contributed by atoms with Crippen LogP contribution in [0, 0.1) is 11.6 Å². The Morgan fingerprint density at radius 3 is 2.22 bits per heavy atom. The third kappa shape index (κ3) is 4.16. The highest BCUT2D eigenvalue weighted by Crippen LogP contribution is 2.35. The summed E-state index contributed by atoms with van der Waals surface area (Å²) in [5, 5.41) is 0.432. The molecule has 2 atom stereocenters. The van der Waals surface area contributed by atoms with Gasteiger partial charge >= 0.3 is 0 Å². The highest BCUT2D eigenvalue weighted by atomic mass is 35.5. The maximum Gasteiger partial charge on any atom is 0.243 e. The molecule has 0 N–H and O–H groups in total. The van der Waals surface area contributed by atoms with Crippen molar-refractivity contribution in [1.29, 1.82) is 0 Å². The summed E-state index contributed by atoms with van der Waals surface area (Å²) in [5.74, 6) is -1.45. The second kappa shape index (κ2) is 7.83. The van der Waals surface area contributed by atoms with Crippen LogP contribution < -0.4 is 0 Å². The lowest BCUT2D eigenvalue weighted by atomic mass is 10.0. The summed E-state index contributed by atoms with van der Waals surface area (Å²) in [5.41, 5.74) is 0.301. The summed E-state index contributed by atoms with van der Waals surface area (Å²) in [7, 11) is -3.88. The molecule has 0 bridgehead atoms. The van der Waals surface area contributed by atoms with E-state index < -0.39 is 27.7 Å². The molecule has 2 aromatic carbocycles. The smallest absolute Gasteiger partial charge is 0.243 e. The van der Waals surface area contributed by atoms with Crippen molar-refractivity contribution in [3.05, 3.63) is 64.7 Å². The van der Waals surface area contributed by atoms with E-state index in [-0.39, 0.29) is 10.9 Å². The van der Waals surface area contributed by atoms with Gasteiger partial charge in [-0.05, 0) is 55.4 Å². The Bertz CT molecular complexity index is 902. The highest BCUT2D eigenvalue weighted by Gasteiger charge is 2.41. The van der Waals surface area contributed by atoms with Crippen molar-refractivity contribution in [3.63, 3.8) is 0 Å². The molecule has 8 heteroatoms. The van der Waals surface area contributed by atoms with Gasteiger partial charge in [0.1, 0.15) is 11.6 Å². The van der Waals surface area contributed by atoms with Crippen LogP contribution in [0.5, 0.6) is 0 Å². The van der Waals surface area contributed by atoms with E-state index in [2.05, 4.69) is 4.90 Å². The van der Waals surface area contributed by atoms with Crippen LogP contribution in [-0.2, 0) is 10.0 Å². The Kier molecular flexibility index (Phi) is 5.86. The zero-order valence-corrected chi connectivity index (χ0v) is 16.6. The van der Waals surface area contributed by atoms with E-state index in [1.807, 2.05) is 6.92 Å². The SMILES string of the molecule is CCN1CC(C)N(S(=O)(=O)c2ccc(Cl)cc2)C(c2cc(F)cc(F)c2)C1. The van der Waals surface area contributed by atoms with Crippen LogP contribution >= 0.6 is 11.6 Å². The maximum absolute atomic E-state index is 13.8. The van der Waals surface area contributed by atoms with Crippen LogP contribution in [0.15, 0.2) is 47.4 Å². The van der Waals surface area contributed by atoms with E-state index in [0.29, 0.717) is 30.2 Å². The summed E-state index contributed by atoms with van der Waals surface area (Å²) in [6.07, 6.45) is 0. The number of hydrogen-bond donors (Lipinski definition) is 0. The van der Waals surface area contributed by atoms with Crippen molar-refractivity contribution in [3.8, 4) is 0 Å². The van der Waals surface area contributed by atoms with Gasteiger partial charge in [-0.2, -0.15) is 4.31 Å². The number of benzene rings is 2. The summed E-state index contributed by atoms with van der Waals surface area (Å²) in [6, 6.07) is 8.03. The quantitative estimate of drug-likeness (QED) is 0.757. The van der Waals surface area contributed by atoms with E-state index in [4.69, 9.17) is 11.6 Å². The number of rotatable bonds is 4. The first-order chi connectivity index (χ1) is 12.7. The van der Waals surface area contributed by atoms with E-state index in [1.165, 1.54) is 40.7 Å². The lowest BCUT2D eigenvalue weighted by Crippen LogP contribution is -2.55. The first-order valence-corrected chi connectivity index (χ1v) is 10.5. The van der Waals surface area contributed by atoms with Crippen LogP contribution in [0.4, 0.5) is 8.78 Å². The molecular formula is C19H21ClF2N2O2S. The van der Waals surface area contributed by atoms with Crippen molar-refractivity contribution in [1.82, 2.24) is 9.21 Å². The molecular weight excluding hydrogens is 394 g/mol. The van der Waals surface area contributed by atoms with Crippen LogP contribution in [0.2, 0.25) is 5.02 Å². The van der Waals surface area contributed by atoms with Gasteiger partial charge in [0.05, 0.1) is 10.9 Å². The van der Waals surface area contributed by atoms with Crippen molar-refractivity contribution in [2.75, 3.05) is 19.6 Å². The summed E-state index contributed by atoms with van der Waals surface area (Å²) >= 11 is 5.88. The Morgan fingerprint density at radius 2 is 1.67 bits per heavy atom. The van der Waals surface area contributed by atoms with Crippen molar-refractivity contribution in [2.45, 2.75) is 30.8 Å². The minimum Gasteiger partial charge on any atom is -0.300 e. The summed E-state index contributed by atoms with van der Waals surface area (Å²) < 4.78 is 55.7. The highest BCUT2D eigenvalue weighted by molar-refractivity contribution is 7.89. The molecule has 4 nitrogen and oxygen atoms in total. The molecule has 1 heterocycles. The number of piperazine rings is 1. The molecule has 0 aromatic heterocycles. The zero-order valence-electron chi connectivity index (χ0n) is 15.1. The number of nitrogens with zero attached hydrogens (tertiary/aromatic N) is 2. The van der Waals surface area contributed by atoms with Gasteiger partial charge in [-0.15, -0.1) is 0 Å². The van der Waals surface area contributed by atoms with E-state index in [1.54, 1.807) is 6.92 Å². The first-order valence-electron chi connectivity index (χ1n) is 8.70. The summed E-state index contributed by atoms with van der Waals surface area (Å²) in [4.78, 5) is 2.18. The minimum absolute atomic E-state index is 0.102. The molecule has 1 fully saturated rings. The number of halogens is 3. The fourth-order valence-electron chi connectivity index (χ4n) is 3.57. The molecule has 27 heavy (non-hydrogen) atoms. The Morgan fingerprint density at radius 1 is 1.07 bits per heavy atom. The molecule has 1 aliphatic rings. The predicted octanol–water partition coefficient (Wildman–Crippen LogP) is 4.07. The monoisotopic (exact) mass is 414 g/mol. The molecule has 1 saturated heterocycles. The molecule has 1 aliphatic heterocycles. The average Bonchev–Trinajstić information content (AvgIpc) is 2.60. The Hall–Kier alpha value is -1.54. The van der Waals surface area contributed by atoms with Crippen LogP contribution in [0.1, 0.15) is 25.5 Å². The van der Waals surface area contributed by atoms with E-state index >= 15 is 0 Å². The number of sulfonamides is 1.